The SMILES string of the molecule is c1ccc(-c2cnn(-c3ccnc(Nc4ccc(N5CCOCC5)cc4)c3)c2)cc1. The molecule has 6 nitrogen and oxygen atoms in total. The van der Waals surface area contributed by atoms with Crippen LogP contribution in [0.2, 0.25) is 0 Å². The largest absolute Gasteiger partial charge is 0.378 e. The number of ether oxygens (including phenoxy) is 1. The van der Waals surface area contributed by atoms with Crippen molar-refractivity contribution in [3.63, 3.8) is 0 Å². The first-order chi connectivity index (χ1) is 14.8. The second-order valence-electron chi connectivity index (χ2n) is 7.21. The minimum absolute atomic E-state index is 0.781. The summed E-state index contributed by atoms with van der Waals surface area (Å²) >= 11 is 0. The molecular weight excluding hydrogens is 374 g/mol. The second-order valence-corrected chi connectivity index (χ2v) is 7.21. The number of nitrogens with one attached hydrogen (secondary N) is 1. The molecule has 6 heteroatoms. The highest BCUT2D eigenvalue weighted by Crippen LogP contribution is 2.23. The maximum Gasteiger partial charge on any atom is 0.132 e. The molecule has 150 valence electrons. The highest BCUT2D eigenvalue weighted by molar-refractivity contribution is 5.64. The van der Waals surface area contributed by atoms with Crippen LogP contribution < -0.4 is 10.2 Å². The van der Waals surface area contributed by atoms with E-state index in [4.69, 9.17) is 4.74 Å². The van der Waals surface area contributed by atoms with Crippen LogP contribution in [0, 0.1) is 0 Å². The predicted octanol–water partition coefficient (Wildman–Crippen LogP) is 4.51. The van der Waals surface area contributed by atoms with Crippen LogP contribution in [0.5, 0.6) is 0 Å². The number of anilines is 3. The van der Waals surface area contributed by atoms with Gasteiger partial charge in [-0.25, -0.2) is 9.67 Å². The Morgan fingerprint density at radius 3 is 2.43 bits per heavy atom. The van der Waals surface area contributed by atoms with E-state index < -0.39 is 0 Å². The summed E-state index contributed by atoms with van der Waals surface area (Å²) in [6.45, 7) is 3.45. The number of aromatic nitrogens is 3. The van der Waals surface area contributed by atoms with E-state index in [2.05, 4.69) is 56.7 Å². The van der Waals surface area contributed by atoms with Gasteiger partial charge in [-0.2, -0.15) is 5.10 Å². The van der Waals surface area contributed by atoms with Gasteiger partial charge in [0.25, 0.3) is 0 Å². The zero-order valence-corrected chi connectivity index (χ0v) is 16.6. The highest BCUT2D eigenvalue weighted by Gasteiger charge is 2.11. The van der Waals surface area contributed by atoms with Crippen LogP contribution in [0.4, 0.5) is 17.2 Å². The Bertz CT molecular complexity index is 1100. The van der Waals surface area contributed by atoms with Crippen molar-refractivity contribution in [3.05, 3.63) is 85.3 Å². The monoisotopic (exact) mass is 397 g/mol. The van der Waals surface area contributed by atoms with Gasteiger partial charge in [-0.15, -0.1) is 0 Å². The average molecular weight is 397 g/mol. The van der Waals surface area contributed by atoms with Crippen molar-refractivity contribution < 1.29 is 4.74 Å². The van der Waals surface area contributed by atoms with Crippen molar-refractivity contribution in [2.75, 3.05) is 36.5 Å². The molecule has 4 aromatic rings. The summed E-state index contributed by atoms with van der Waals surface area (Å²) in [5.74, 6) is 0.781. The summed E-state index contributed by atoms with van der Waals surface area (Å²) in [6, 6.07) is 22.6. The molecule has 0 radical (unpaired) electrons. The van der Waals surface area contributed by atoms with Crippen molar-refractivity contribution >= 4 is 17.2 Å². The number of hydrogen-bond donors (Lipinski definition) is 1. The number of morpholine rings is 1. The summed E-state index contributed by atoms with van der Waals surface area (Å²) in [5, 5.41) is 7.91. The molecule has 0 aliphatic carbocycles. The van der Waals surface area contributed by atoms with Crippen molar-refractivity contribution in [3.8, 4) is 16.8 Å². The Morgan fingerprint density at radius 2 is 1.63 bits per heavy atom. The molecule has 5 rings (SSSR count). The van der Waals surface area contributed by atoms with Crippen LogP contribution in [-0.4, -0.2) is 41.1 Å². The molecular formula is C24H23N5O. The van der Waals surface area contributed by atoms with E-state index in [0.29, 0.717) is 0 Å². The van der Waals surface area contributed by atoms with E-state index >= 15 is 0 Å². The fourth-order valence-corrected chi connectivity index (χ4v) is 3.60. The lowest BCUT2D eigenvalue weighted by atomic mass is 10.1. The molecule has 0 spiro atoms. The van der Waals surface area contributed by atoms with E-state index in [0.717, 1.165) is 54.6 Å². The van der Waals surface area contributed by atoms with E-state index in [1.54, 1.807) is 6.20 Å². The van der Waals surface area contributed by atoms with Crippen LogP contribution >= 0.6 is 0 Å². The Balaban J connectivity index is 1.31. The number of pyridine rings is 1. The Morgan fingerprint density at radius 1 is 0.833 bits per heavy atom. The minimum atomic E-state index is 0.781. The molecule has 0 atom stereocenters. The Kier molecular flexibility index (Phi) is 5.14. The van der Waals surface area contributed by atoms with Crippen LogP contribution in [0.1, 0.15) is 0 Å². The molecule has 1 saturated heterocycles. The summed E-state index contributed by atoms with van der Waals surface area (Å²) in [6.07, 6.45) is 5.71. The molecule has 3 heterocycles. The van der Waals surface area contributed by atoms with E-state index in [1.165, 1.54) is 5.69 Å². The fourth-order valence-electron chi connectivity index (χ4n) is 3.60. The lowest BCUT2D eigenvalue weighted by molar-refractivity contribution is 0.122. The third kappa shape index (κ3) is 4.04. The smallest absolute Gasteiger partial charge is 0.132 e. The maximum atomic E-state index is 5.43. The number of benzene rings is 2. The molecule has 0 unspecified atom stereocenters. The van der Waals surface area contributed by atoms with E-state index in [9.17, 15) is 0 Å². The molecule has 0 amide bonds. The third-order valence-corrected chi connectivity index (χ3v) is 5.21. The lowest BCUT2D eigenvalue weighted by Crippen LogP contribution is -2.36. The van der Waals surface area contributed by atoms with Gasteiger partial charge in [-0.05, 0) is 35.9 Å². The summed E-state index contributed by atoms with van der Waals surface area (Å²) in [4.78, 5) is 6.80. The molecule has 2 aromatic heterocycles. The van der Waals surface area contributed by atoms with E-state index in [1.807, 2.05) is 47.4 Å². The lowest BCUT2D eigenvalue weighted by Gasteiger charge is -2.28. The Hall–Kier alpha value is -3.64. The van der Waals surface area contributed by atoms with Gasteiger partial charge in [0, 0.05) is 48.5 Å². The summed E-state index contributed by atoms with van der Waals surface area (Å²) < 4.78 is 7.30. The minimum Gasteiger partial charge on any atom is -0.378 e. The third-order valence-electron chi connectivity index (χ3n) is 5.21. The Labute approximate surface area is 175 Å². The second kappa shape index (κ2) is 8.39. The van der Waals surface area contributed by atoms with Crippen molar-refractivity contribution in [2.45, 2.75) is 0 Å². The first kappa shape index (κ1) is 18.4. The first-order valence-electron chi connectivity index (χ1n) is 10.1. The molecule has 1 N–H and O–H groups in total. The molecule has 0 bridgehead atoms. The van der Waals surface area contributed by atoms with Gasteiger partial charge in [0.2, 0.25) is 0 Å². The summed E-state index contributed by atoms with van der Waals surface area (Å²) in [5.41, 5.74) is 5.41. The number of hydrogen-bond acceptors (Lipinski definition) is 5. The van der Waals surface area contributed by atoms with Gasteiger partial charge in [0.05, 0.1) is 25.1 Å². The number of nitrogens with zero attached hydrogens (tertiary/aromatic N) is 4. The quantitative estimate of drug-likeness (QED) is 0.537. The summed E-state index contributed by atoms with van der Waals surface area (Å²) in [7, 11) is 0. The van der Waals surface area contributed by atoms with Crippen LogP contribution in [0.3, 0.4) is 0 Å². The van der Waals surface area contributed by atoms with Crippen molar-refractivity contribution in [1.29, 1.82) is 0 Å². The van der Waals surface area contributed by atoms with E-state index in [-0.39, 0.29) is 0 Å². The first-order valence-corrected chi connectivity index (χ1v) is 10.1. The van der Waals surface area contributed by atoms with Gasteiger partial charge >= 0.3 is 0 Å². The molecule has 2 aromatic carbocycles. The van der Waals surface area contributed by atoms with Gasteiger partial charge in [-0.3, -0.25) is 0 Å². The average Bonchev–Trinajstić information content (AvgIpc) is 3.32. The predicted molar refractivity (Wildman–Crippen MR) is 120 cm³/mol. The number of rotatable bonds is 5. The topological polar surface area (TPSA) is 55.2 Å². The van der Waals surface area contributed by atoms with Crippen LogP contribution in [-0.2, 0) is 4.74 Å². The highest BCUT2D eigenvalue weighted by atomic mass is 16.5. The molecule has 1 aliphatic rings. The zero-order valence-electron chi connectivity index (χ0n) is 16.6. The van der Waals surface area contributed by atoms with Gasteiger partial charge < -0.3 is 15.0 Å². The van der Waals surface area contributed by atoms with Crippen LogP contribution in [0.25, 0.3) is 16.8 Å². The van der Waals surface area contributed by atoms with Gasteiger partial charge in [0.15, 0.2) is 0 Å². The molecule has 0 saturated carbocycles. The maximum absolute atomic E-state index is 5.43. The van der Waals surface area contributed by atoms with Gasteiger partial charge in [0.1, 0.15) is 5.82 Å². The fraction of sp³-hybridized carbons (Fsp3) is 0.167. The van der Waals surface area contributed by atoms with Crippen molar-refractivity contribution in [2.24, 2.45) is 0 Å². The molecule has 30 heavy (non-hydrogen) atoms. The molecule has 1 aliphatic heterocycles. The standard InChI is InChI=1S/C24H23N5O/c1-2-4-19(5-3-1)20-17-26-29(18-20)23-10-11-25-24(16-23)27-21-6-8-22(9-7-21)28-12-14-30-15-13-28/h1-11,16-18H,12-15H2,(H,25,27). The molecule has 1 fully saturated rings. The normalized spacial score (nSPS) is 13.9. The zero-order chi connectivity index (χ0) is 20.2. The van der Waals surface area contributed by atoms with Crippen molar-refractivity contribution in [1.82, 2.24) is 14.8 Å². The van der Waals surface area contributed by atoms with Crippen LogP contribution in [0.15, 0.2) is 85.3 Å². The van der Waals surface area contributed by atoms with Gasteiger partial charge in [-0.1, -0.05) is 30.3 Å².